The minimum atomic E-state index is 0.0529. The molecule has 7 heteroatoms. The van der Waals surface area contributed by atoms with Crippen LogP contribution in [0, 0.1) is 6.92 Å². The van der Waals surface area contributed by atoms with Gasteiger partial charge in [0.25, 0.3) is 0 Å². The van der Waals surface area contributed by atoms with Crippen molar-refractivity contribution in [1.29, 1.82) is 0 Å². The molecule has 3 aromatic heterocycles. The molecule has 0 saturated carbocycles. The van der Waals surface area contributed by atoms with E-state index in [1.165, 1.54) is 6.33 Å². The van der Waals surface area contributed by atoms with Crippen LogP contribution < -0.4 is 11.1 Å². The monoisotopic (exact) mass is 348 g/mol. The molecule has 0 saturated heterocycles. The fraction of sp³-hybridized carbons (Fsp3) is 0.211. The van der Waals surface area contributed by atoms with E-state index < -0.39 is 0 Å². The summed E-state index contributed by atoms with van der Waals surface area (Å²) >= 11 is 0. The zero-order valence-electron chi connectivity index (χ0n) is 14.7. The number of nitrogens with one attached hydrogen (secondary N) is 1. The van der Waals surface area contributed by atoms with Crippen molar-refractivity contribution in [3.63, 3.8) is 0 Å². The maximum Gasteiger partial charge on any atom is 0.181 e. The van der Waals surface area contributed by atoms with E-state index in [1.807, 2.05) is 26.0 Å². The van der Waals surface area contributed by atoms with Gasteiger partial charge in [0.1, 0.15) is 23.7 Å². The predicted molar refractivity (Wildman–Crippen MR) is 101 cm³/mol. The quantitative estimate of drug-likeness (QED) is 0.656. The Labute approximate surface area is 151 Å². The van der Waals surface area contributed by atoms with Gasteiger partial charge in [-0.05, 0) is 37.1 Å². The standard InChI is InChI=1S/C19H20N6O/c1-3-5-17(26)15-8-12(2)16(10-22-15)25-19-13(6-4-7-21-19)14-9-18(20)24-11-23-14/h4,6-11H,3,5H2,1-2H3,(H,21,25)(H2,20,23,24). The summed E-state index contributed by atoms with van der Waals surface area (Å²) in [6.07, 6.45) is 6.07. The number of carbonyl (C=O) groups is 1. The van der Waals surface area contributed by atoms with Gasteiger partial charge in [0.05, 0.1) is 17.6 Å². The SMILES string of the molecule is CCCC(=O)c1cc(C)c(Nc2ncccc2-c2cc(N)ncn2)cn1. The fourth-order valence-corrected chi connectivity index (χ4v) is 2.55. The molecule has 3 aromatic rings. The molecule has 0 aliphatic carbocycles. The number of ketones is 1. The summed E-state index contributed by atoms with van der Waals surface area (Å²) in [5.74, 6) is 1.07. The molecule has 0 amide bonds. The molecule has 3 rings (SSSR count). The first-order chi connectivity index (χ1) is 12.6. The average molecular weight is 348 g/mol. The van der Waals surface area contributed by atoms with E-state index in [2.05, 4.69) is 25.3 Å². The normalized spacial score (nSPS) is 10.5. The lowest BCUT2D eigenvalue weighted by atomic mass is 10.1. The second kappa shape index (κ2) is 7.69. The van der Waals surface area contributed by atoms with Gasteiger partial charge in [-0.2, -0.15) is 0 Å². The topological polar surface area (TPSA) is 107 Å². The van der Waals surface area contributed by atoms with Crippen LogP contribution in [-0.2, 0) is 0 Å². The largest absolute Gasteiger partial charge is 0.384 e. The van der Waals surface area contributed by atoms with Gasteiger partial charge in [0, 0.05) is 24.2 Å². The zero-order valence-corrected chi connectivity index (χ0v) is 14.7. The number of nitrogen functional groups attached to an aromatic ring is 1. The van der Waals surface area contributed by atoms with Gasteiger partial charge < -0.3 is 11.1 Å². The van der Waals surface area contributed by atoms with Crippen molar-refractivity contribution >= 4 is 23.1 Å². The van der Waals surface area contributed by atoms with Crippen LogP contribution in [0.3, 0.4) is 0 Å². The number of anilines is 3. The Morgan fingerprint density at radius 2 is 2.04 bits per heavy atom. The van der Waals surface area contributed by atoms with Crippen molar-refractivity contribution in [3.05, 3.63) is 54.2 Å². The summed E-state index contributed by atoms with van der Waals surface area (Å²) in [5, 5.41) is 3.27. The predicted octanol–water partition coefficient (Wildman–Crippen LogP) is 3.55. The Kier molecular flexibility index (Phi) is 5.17. The van der Waals surface area contributed by atoms with E-state index in [0.29, 0.717) is 29.4 Å². The second-order valence-electron chi connectivity index (χ2n) is 5.91. The van der Waals surface area contributed by atoms with Crippen molar-refractivity contribution in [1.82, 2.24) is 19.9 Å². The first kappa shape index (κ1) is 17.5. The molecule has 0 atom stereocenters. The van der Waals surface area contributed by atoms with Crippen molar-refractivity contribution in [2.24, 2.45) is 0 Å². The summed E-state index contributed by atoms with van der Waals surface area (Å²) in [6, 6.07) is 7.22. The van der Waals surface area contributed by atoms with Gasteiger partial charge in [0.15, 0.2) is 5.78 Å². The number of aromatic nitrogens is 4. The van der Waals surface area contributed by atoms with Gasteiger partial charge in [-0.25, -0.2) is 15.0 Å². The number of rotatable bonds is 6. The molecule has 0 unspecified atom stereocenters. The maximum absolute atomic E-state index is 12.0. The lowest BCUT2D eigenvalue weighted by Gasteiger charge is -2.13. The van der Waals surface area contributed by atoms with E-state index in [0.717, 1.165) is 23.2 Å². The summed E-state index contributed by atoms with van der Waals surface area (Å²) < 4.78 is 0. The highest BCUT2D eigenvalue weighted by atomic mass is 16.1. The van der Waals surface area contributed by atoms with Crippen LogP contribution >= 0.6 is 0 Å². The smallest absolute Gasteiger partial charge is 0.181 e. The molecule has 0 fully saturated rings. The highest BCUT2D eigenvalue weighted by Gasteiger charge is 2.12. The van der Waals surface area contributed by atoms with Crippen molar-refractivity contribution in [2.75, 3.05) is 11.1 Å². The van der Waals surface area contributed by atoms with Gasteiger partial charge in [-0.3, -0.25) is 9.78 Å². The van der Waals surface area contributed by atoms with Crippen LogP contribution in [0.25, 0.3) is 11.3 Å². The van der Waals surface area contributed by atoms with Crippen LogP contribution in [0.4, 0.5) is 17.3 Å². The van der Waals surface area contributed by atoms with Gasteiger partial charge in [-0.15, -0.1) is 0 Å². The van der Waals surface area contributed by atoms with E-state index in [9.17, 15) is 4.79 Å². The third kappa shape index (κ3) is 3.83. The third-order valence-electron chi connectivity index (χ3n) is 3.90. The number of Topliss-reactive ketones (excluding diaryl/α,β-unsaturated/α-hetero) is 1. The van der Waals surface area contributed by atoms with Crippen LogP contribution in [-0.4, -0.2) is 25.7 Å². The van der Waals surface area contributed by atoms with E-state index in [-0.39, 0.29) is 5.78 Å². The Balaban J connectivity index is 1.92. The molecular formula is C19H20N6O. The number of hydrogen-bond acceptors (Lipinski definition) is 7. The zero-order chi connectivity index (χ0) is 18.5. The number of nitrogens with zero attached hydrogens (tertiary/aromatic N) is 4. The summed E-state index contributed by atoms with van der Waals surface area (Å²) in [4.78, 5) is 28.9. The number of aryl methyl sites for hydroxylation is 1. The summed E-state index contributed by atoms with van der Waals surface area (Å²) in [7, 11) is 0. The van der Waals surface area contributed by atoms with Crippen LogP contribution in [0.2, 0.25) is 0 Å². The molecular weight excluding hydrogens is 328 g/mol. The number of pyridine rings is 2. The van der Waals surface area contributed by atoms with Crippen LogP contribution in [0.5, 0.6) is 0 Å². The number of carbonyl (C=O) groups excluding carboxylic acids is 1. The highest BCUT2D eigenvalue weighted by Crippen LogP contribution is 2.28. The Hall–Kier alpha value is -3.35. The Morgan fingerprint density at radius 1 is 1.19 bits per heavy atom. The lowest BCUT2D eigenvalue weighted by Crippen LogP contribution is -2.05. The molecule has 0 bridgehead atoms. The van der Waals surface area contributed by atoms with Crippen molar-refractivity contribution < 1.29 is 4.79 Å². The first-order valence-electron chi connectivity index (χ1n) is 8.38. The molecule has 3 heterocycles. The maximum atomic E-state index is 12.0. The molecule has 0 aliphatic heterocycles. The molecule has 0 aliphatic rings. The van der Waals surface area contributed by atoms with Crippen molar-refractivity contribution in [3.8, 4) is 11.3 Å². The number of hydrogen-bond donors (Lipinski definition) is 2. The highest BCUT2D eigenvalue weighted by molar-refractivity contribution is 5.94. The molecule has 0 radical (unpaired) electrons. The van der Waals surface area contributed by atoms with E-state index in [4.69, 9.17) is 5.73 Å². The molecule has 0 spiro atoms. The molecule has 3 N–H and O–H groups in total. The van der Waals surface area contributed by atoms with Gasteiger partial charge >= 0.3 is 0 Å². The minimum Gasteiger partial charge on any atom is -0.384 e. The molecule has 0 aromatic carbocycles. The van der Waals surface area contributed by atoms with Crippen LogP contribution in [0.1, 0.15) is 35.8 Å². The summed E-state index contributed by atoms with van der Waals surface area (Å²) in [6.45, 7) is 3.90. The van der Waals surface area contributed by atoms with Crippen molar-refractivity contribution in [2.45, 2.75) is 26.7 Å². The first-order valence-corrected chi connectivity index (χ1v) is 8.38. The Bertz CT molecular complexity index is 941. The van der Waals surface area contributed by atoms with Gasteiger partial charge in [-0.1, -0.05) is 6.92 Å². The molecule has 132 valence electrons. The van der Waals surface area contributed by atoms with Gasteiger partial charge in [0.2, 0.25) is 0 Å². The second-order valence-corrected chi connectivity index (χ2v) is 5.91. The Morgan fingerprint density at radius 3 is 2.77 bits per heavy atom. The number of nitrogens with two attached hydrogens (primary N) is 1. The molecule has 7 nitrogen and oxygen atoms in total. The molecule has 26 heavy (non-hydrogen) atoms. The summed E-state index contributed by atoms with van der Waals surface area (Å²) in [5.41, 5.74) is 9.41. The minimum absolute atomic E-state index is 0.0529. The van der Waals surface area contributed by atoms with E-state index in [1.54, 1.807) is 24.5 Å². The van der Waals surface area contributed by atoms with E-state index >= 15 is 0 Å². The third-order valence-corrected chi connectivity index (χ3v) is 3.90. The fourth-order valence-electron chi connectivity index (χ4n) is 2.55. The van der Waals surface area contributed by atoms with Crippen LogP contribution in [0.15, 0.2) is 43.0 Å². The lowest BCUT2D eigenvalue weighted by molar-refractivity contribution is 0.0977. The average Bonchev–Trinajstić information content (AvgIpc) is 2.64.